The summed E-state index contributed by atoms with van der Waals surface area (Å²) in [6.45, 7) is 3.60. The van der Waals surface area contributed by atoms with Crippen LogP contribution in [0.1, 0.15) is 52.4 Å². The topological polar surface area (TPSA) is 243 Å². The molecule has 282 valence electrons. The van der Waals surface area contributed by atoms with Gasteiger partial charge in [0.15, 0.2) is 12.1 Å². The summed E-state index contributed by atoms with van der Waals surface area (Å²) in [4.78, 5) is 24.7. The predicted octanol–water partition coefficient (Wildman–Crippen LogP) is -0.0523. The maximum atomic E-state index is 12.4. The molecule has 3 aliphatic rings. The number of allylic oxidation sites excluding steroid dienone is 6. The largest absolute Gasteiger partial charge is 0.459 e. The van der Waals surface area contributed by atoms with Crippen molar-refractivity contribution >= 4 is 12.0 Å². The molecule has 3 heterocycles. The van der Waals surface area contributed by atoms with Crippen LogP contribution in [-0.2, 0) is 23.7 Å². The lowest BCUT2D eigenvalue weighted by molar-refractivity contribution is -0.298. The van der Waals surface area contributed by atoms with E-state index in [-0.39, 0.29) is 38.2 Å². The molecule has 50 heavy (non-hydrogen) atoms. The fraction of sp³-hybridized carbons (Fsp3) is 0.657. The van der Waals surface area contributed by atoms with Crippen molar-refractivity contribution in [3.05, 3.63) is 60.8 Å². The molecule has 0 radical (unpaired) electrons. The Morgan fingerprint density at radius 1 is 1.00 bits per heavy atom. The molecule has 2 saturated heterocycles. The van der Waals surface area contributed by atoms with Crippen molar-refractivity contribution in [3.63, 3.8) is 0 Å². The number of esters is 1. The van der Waals surface area contributed by atoms with Crippen molar-refractivity contribution in [2.45, 2.75) is 125 Å². The molecule has 0 spiro atoms. The molecule has 3 aliphatic heterocycles. The zero-order valence-corrected chi connectivity index (χ0v) is 28.9. The highest BCUT2D eigenvalue weighted by molar-refractivity contribution is 5.82. The number of amides is 2. The van der Waals surface area contributed by atoms with Crippen molar-refractivity contribution in [1.29, 1.82) is 0 Å². The van der Waals surface area contributed by atoms with E-state index < -0.39 is 91.4 Å². The van der Waals surface area contributed by atoms with Crippen LogP contribution in [0.3, 0.4) is 0 Å². The Hall–Kier alpha value is -2.96. The first-order valence-electron chi connectivity index (χ1n) is 17.1. The zero-order chi connectivity index (χ0) is 36.8. The van der Waals surface area contributed by atoms with Crippen LogP contribution in [0.15, 0.2) is 60.8 Å². The summed E-state index contributed by atoms with van der Waals surface area (Å²) in [5.41, 5.74) is 5.94. The molecule has 2 fully saturated rings. The number of aliphatic hydroxyl groups excluding tert-OH is 5. The van der Waals surface area contributed by atoms with Crippen molar-refractivity contribution in [1.82, 2.24) is 10.6 Å². The Bertz CT molecular complexity index is 1230. The van der Waals surface area contributed by atoms with Gasteiger partial charge in [-0.2, -0.15) is 0 Å². The van der Waals surface area contributed by atoms with Gasteiger partial charge in [-0.25, -0.2) is 9.59 Å². The molecular weight excluding hydrogens is 654 g/mol. The number of carbonyl (C=O) groups excluding carboxylic acids is 2. The Kier molecular flexibility index (Phi) is 16.7. The predicted molar refractivity (Wildman–Crippen MR) is 182 cm³/mol. The van der Waals surface area contributed by atoms with Gasteiger partial charge in [0.2, 0.25) is 0 Å². The number of ether oxygens (including phenoxy) is 4. The van der Waals surface area contributed by atoms with E-state index in [1.54, 1.807) is 37.3 Å². The number of carbonyl (C=O) groups is 2. The van der Waals surface area contributed by atoms with E-state index in [1.165, 1.54) is 19.2 Å². The molecule has 2 bridgehead atoms. The minimum absolute atomic E-state index is 0.0275. The highest BCUT2D eigenvalue weighted by atomic mass is 16.7. The average molecular weight is 710 g/mol. The molecule has 15 nitrogen and oxygen atoms in total. The van der Waals surface area contributed by atoms with E-state index in [1.807, 2.05) is 25.2 Å². The van der Waals surface area contributed by atoms with Gasteiger partial charge in [0, 0.05) is 38.3 Å². The molecule has 0 saturated carbocycles. The first-order chi connectivity index (χ1) is 23.7. The van der Waals surface area contributed by atoms with E-state index >= 15 is 0 Å². The zero-order valence-electron chi connectivity index (χ0n) is 28.9. The normalized spacial score (nSPS) is 42.9. The van der Waals surface area contributed by atoms with Gasteiger partial charge in [0.25, 0.3) is 0 Å². The maximum absolute atomic E-state index is 12.4. The summed E-state index contributed by atoms with van der Waals surface area (Å²) in [5.74, 6) is -2.68. The minimum Gasteiger partial charge on any atom is -0.459 e. The van der Waals surface area contributed by atoms with Crippen LogP contribution in [-0.4, -0.2) is 129 Å². The monoisotopic (exact) mass is 709 g/mol. The smallest absolute Gasteiger partial charge is 0.330 e. The van der Waals surface area contributed by atoms with Crippen molar-refractivity contribution < 1.29 is 59.2 Å². The Balaban J connectivity index is 1.94. The van der Waals surface area contributed by atoms with E-state index in [2.05, 4.69) is 10.6 Å². The summed E-state index contributed by atoms with van der Waals surface area (Å²) in [6, 6.07) is -2.70. The van der Waals surface area contributed by atoms with E-state index in [0.717, 1.165) is 6.42 Å². The van der Waals surface area contributed by atoms with Gasteiger partial charge in [0.05, 0.1) is 55.3 Å². The molecule has 0 aliphatic carbocycles. The maximum Gasteiger partial charge on any atom is 0.330 e. The molecule has 8 unspecified atom stereocenters. The van der Waals surface area contributed by atoms with Crippen LogP contribution in [0.5, 0.6) is 0 Å². The van der Waals surface area contributed by atoms with Crippen LogP contribution in [0.25, 0.3) is 0 Å². The number of urea groups is 1. The lowest BCUT2D eigenvalue weighted by atomic mass is 9.87. The van der Waals surface area contributed by atoms with E-state index in [9.17, 15) is 40.2 Å². The molecular formula is C35H55N3O12. The number of fused-ring (bicyclic) bond motifs is 2. The number of aliphatic hydroxyl groups is 6. The van der Waals surface area contributed by atoms with Crippen LogP contribution < -0.4 is 16.4 Å². The van der Waals surface area contributed by atoms with Crippen LogP contribution in [0.2, 0.25) is 0 Å². The molecule has 13 atom stereocenters. The van der Waals surface area contributed by atoms with Crippen LogP contribution >= 0.6 is 0 Å². The molecule has 15 heteroatoms. The number of hydrogen-bond donors (Lipinski definition) is 9. The first kappa shape index (κ1) is 41.5. The van der Waals surface area contributed by atoms with Gasteiger partial charge < -0.3 is 66.0 Å². The minimum atomic E-state index is -2.08. The number of rotatable bonds is 4. The molecule has 3 rings (SSSR count). The van der Waals surface area contributed by atoms with Crippen molar-refractivity contribution in [3.8, 4) is 0 Å². The third-order valence-electron chi connectivity index (χ3n) is 8.94. The van der Waals surface area contributed by atoms with Gasteiger partial charge in [-0.05, 0) is 26.2 Å². The third kappa shape index (κ3) is 13.0. The Morgan fingerprint density at radius 2 is 1.68 bits per heavy atom. The standard InChI is InChI=1S/C35H55N3O12/c1-4-22-12-9-7-5-6-8-10-14-25(49-33-32(44)30(36)27(42)20-47-33)17-28-31(38-34(45)37-3)26(41)19-35(46,50-28)18-24(40)16-23(39)13-11-15-29(43)48-21(22)2/h5-12,14-15,21-28,30-33,39-42,44,46H,4,13,16-20,36H2,1-3H3,(H2,37,38,45)/b7-5+,8-6+,12-9+,14-10+,15-11+/t21?,22-,23?,24?,25?,26-,27?,28-,30-,31?,32-,33?,35?/m0/s1. The van der Waals surface area contributed by atoms with Crippen molar-refractivity contribution in [2.24, 2.45) is 11.7 Å². The van der Waals surface area contributed by atoms with Gasteiger partial charge in [-0.3, -0.25) is 0 Å². The Morgan fingerprint density at radius 3 is 2.36 bits per heavy atom. The highest BCUT2D eigenvalue weighted by Crippen LogP contribution is 2.35. The van der Waals surface area contributed by atoms with Gasteiger partial charge in [-0.15, -0.1) is 0 Å². The number of cyclic esters (lactones) is 1. The Labute approximate surface area is 293 Å². The summed E-state index contributed by atoms with van der Waals surface area (Å²) in [6.07, 6.45) is 6.73. The fourth-order valence-corrected chi connectivity index (χ4v) is 6.13. The molecule has 0 aromatic heterocycles. The van der Waals surface area contributed by atoms with Crippen LogP contribution in [0, 0.1) is 5.92 Å². The second-order valence-electron chi connectivity index (χ2n) is 13.0. The SMILES string of the molecule is CC[C@H]1/C=C/C=C/C=C/C=C/C(OC2OCC(O)[C@H](N)[C@@H]2O)C[C@@H]2OC(O)(CC(O)CC(O)C/C=C/C(=O)OC1C)C[C@H](O)C2NC(=O)NC. The van der Waals surface area contributed by atoms with Crippen LogP contribution in [0.4, 0.5) is 4.79 Å². The van der Waals surface area contributed by atoms with Gasteiger partial charge >= 0.3 is 12.0 Å². The van der Waals surface area contributed by atoms with Crippen molar-refractivity contribution in [2.75, 3.05) is 13.7 Å². The molecule has 0 aromatic carbocycles. The first-order valence-corrected chi connectivity index (χ1v) is 17.1. The summed E-state index contributed by atoms with van der Waals surface area (Å²) < 4.78 is 23.2. The number of nitrogens with one attached hydrogen (secondary N) is 2. The summed E-state index contributed by atoms with van der Waals surface area (Å²) in [5, 5.41) is 69.8. The van der Waals surface area contributed by atoms with Gasteiger partial charge in [-0.1, -0.05) is 61.6 Å². The highest BCUT2D eigenvalue weighted by Gasteiger charge is 2.48. The van der Waals surface area contributed by atoms with Gasteiger partial charge in [0.1, 0.15) is 12.2 Å². The summed E-state index contributed by atoms with van der Waals surface area (Å²) >= 11 is 0. The molecule has 0 aromatic rings. The molecule has 2 amide bonds. The lowest BCUT2D eigenvalue weighted by Crippen LogP contribution is -2.63. The second kappa shape index (κ2) is 20.2. The van der Waals surface area contributed by atoms with E-state index in [0.29, 0.717) is 0 Å². The summed E-state index contributed by atoms with van der Waals surface area (Å²) in [7, 11) is 1.40. The lowest BCUT2D eigenvalue weighted by Gasteiger charge is -2.46. The molecule has 10 N–H and O–H groups in total. The average Bonchev–Trinajstić information content (AvgIpc) is 3.04. The second-order valence-corrected chi connectivity index (χ2v) is 13.0. The fourth-order valence-electron chi connectivity index (χ4n) is 6.13. The number of hydrogen-bond acceptors (Lipinski definition) is 13. The number of nitrogens with two attached hydrogens (primary N) is 1. The third-order valence-corrected chi connectivity index (χ3v) is 8.94. The van der Waals surface area contributed by atoms with E-state index in [4.69, 9.17) is 24.7 Å². The quantitative estimate of drug-likeness (QED) is 0.174.